The molecule has 0 saturated carbocycles. The molecule has 10 heavy (non-hydrogen) atoms. The van der Waals surface area contributed by atoms with Gasteiger partial charge in [-0.3, -0.25) is 0 Å². The number of aliphatic hydroxyl groups is 1. The normalized spacial score (nSPS) is 13.0. The van der Waals surface area contributed by atoms with Crippen LogP contribution in [0.3, 0.4) is 0 Å². The van der Waals surface area contributed by atoms with Gasteiger partial charge in [0.15, 0.2) is 0 Å². The highest BCUT2D eigenvalue weighted by molar-refractivity contribution is 4.70. The minimum absolute atomic E-state index is 0.289. The van der Waals surface area contributed by atoms with Crippen LogP contribution in [0, 0.1) is 5.92 Å². The second-order valence-corrected chi connectivity index (χ2v) is 2.56. The Hall–Kier alpha value is -0.340. The average Bonchev–Trinajstić information content (AvgIpc) is 1.89. The molecular weight excluding hydrogens is 126 g/mol. The molecule has 0 aromatic rings. The Kier molecular flexibility index (Phi) is 6.55. The fourth-order valence-corrected chi connectivity index (χ4v) is 0.754. The lowest BCUT2D eigenvalue weighted by Crippen LogP contribution is -2.21. The third kappa shape index (κ3) is 5.79. The maximum atomic E-state index is 8.55. The van der Waals surface area contributed by atoms with E-state index in [1.807, 2.05) is 6.08 Å². The molecule has 0 aromatic heterocycles. The van der Waals surface area contributed by atoms with Gasteiger partial charge in [-0.1, -0.05) is 13.0 Å². The summed E-state index contributed by atoms with van der Waals surface area (Å²) in [6.07, 6.45) is 2.72. The van der Waals surface area contributed by atoms with Crippen LogP contribution in [0.1, 0.15) is 13.3 Å². The van der Waals surface area contributed by atoms with Gasteiger partial charge in [0.1, 0.15) is 0 Å². The van der Waals surface area contributed by atoms with E-state index in [-0.39, 0.29) is 6.61 Å². The summed E-state index contributed by atoms with van der Waals surface area (Å²) in [4.78, 5) is 0. The highest BCUT2D eigenvalue weighted by Gasteiger charge is 1.97. The molecule has 2 nitrogen and oxygen atoms in total. The Morgan fingerprint density at radius 3 is 2.90 bits per heavy atom. The van der Waals surface area contributed by atoms with Crippen LogP contribution in [0.4, 0.5) is 0 Å². The van der Waals surface area contributed by atoms with Crippen LogP contribution in [0.15, 0.2) is 12.7 Å². The fraction of sp³-hybridized carbons (Fsp3) is 0.750. The quantitative estimate of drug-likeness (QED) is 0.425. The van der Waals surface area contributed by atoms with E-state index < -0.39 is 0 Å². The van der Waals surface area contributed by atoms with Gasteiger partial charge >= 0.3 is 0 Å². The predicted molar refractivity (Wildman–Crippen MR) is 43.9 cm³/mol. The van der Waals surface area contributed by atoms with Gasteiger partial charge in [0.25, 0.3) is 0 Å². The van der Waals surface area contributed by atoms with E-state index in [4.69, 9.17) is 5.11 Å². The summed E-state index contributed by atoms with van der Waals surface area (Å²) in [5.41, 5.74) is 0. The van der Waals surface area contributed by atoms with Gasteiger partial charge in [0.2, 0.25) is 0 Å². The molecule has 2 N–H and O–H groups in total. The Balaban J connectivity index is 3.04. The molecule has 60 valence electrons. The van der Waals surface area contributed by atoms with E-state index in [0.717, 1.165) is 19.5 Å². The molecule has 0 amide bonds. The van der Waals surface area contributed by atoms with Crippen molar-refractivity contribution in [1.29, 1.82) is 0 Å². The summed E-state index contributed by atoms with van der Waals surface area (Å²) in [7, 11) is 0. The summed E-state index contributed by atoms with van der Waals surface area (Å²) < 4.78 is 0. The van der Waals surface area contributed by atoms with Gasteiger partial charge in [0.05, 0.1) is 0 Å². The zero-order valence-electron chi connectivity index (χ0n) is 6.64. The summed E-state index contributed by atoms with van der Waals surface area (Å²) in [5.74, 6) is 0.560. The summed E-state index contributed by atoms with van der Waals surface area (Å²) in [6, 6.07) is 0. The van der Waals surface area contributed by atoms with E-state index in [0.29, 0.717) is 5.92 Å². The first-order valence-electron chi connectivity index (χ1n) is 3.73. The molecule has 0 aromatic carbocycles. The molecule has 2 heteroatoms. The van der Waals surface area contributed by atoms with Gasteiger partial charge in [0, 0.05) is 13.2 Å². The standard InChI is InChI=1S/C8H17NO/c1-3-5-9-7-8(2)4-6-10/h3,8-10H,1,4-7H2,2H3. The molecule has 0 aliphatic rings. The molecule has 1 unspecified atom stereocenters. The number of nitrogens with one attached hydrogen (secondary N) is 1. The van der Waals surface area contributed by atoms with Crippen LogP contribution in [0.25, 0.3) is 0 Å². The zero-order chi connectivity index (χ0) is 7.82. The summed E-state index contributed by atoms with van der Waals surface area (Å²) in [5, 5.41) is 11.7. The second kappa shape index (κ2) is 6.78. The lowest BCUT2D eigenvalue weighted by molar-refractivity contribution is 0.261. The summed E-state index contributed by atoms with van der Waals surface area (Å²) >= 11 is 0. The van der Waals surface area contributed by atoms with E-state index in [1.165, 1.54) is 0 Å². The van der Waals surface area contributed by atoms with Crippen molar-refractivity contribution in [2.24, 2.45) is 5.92 Å². The van der Waals surface area contributed by atoms with Crippen molar-refractivity contribution in [1.82, 2.24) is 5.32 Å². The average molecular weight is 143 g/mol. The van der Waals surface area contributed by atoms with E-state index in [9.17, 15) is 0 Å². The second-order valence-electron chi connectivity index (χ2n) is 2.56. The Bertz CT molecular complexity index is 83.3. The monoisotopic (exact) mass is 143 g/mol. The molecule has 0 aliphatic heterocycles. The number of hydrogen-bond donors (Lipinski definition) is 2. The molecule has 0 fully saturated rings. The lowest BCUT2D eigenvalue weighted by atomic mass is 10.1. The summed E-state index contributed by atoms with van der Waals surface area (Å²) in [6.45, 7) is 7.82. The smallest absolute Gasteiger partial charge is 0.0434 e. The zero-order valence-corrected chi connectivity index (χ0v) is 6.64. The molecule has 0 spiro atoms. The van der Waals surface area contributed by atoms with Gasteiger partial charge in [-0.15, -0.1) is 6.58 Å². The Morgan fingerprint density at radius 1 is 1.70 bits per heavy atom. The van der Waals surface area contributed by atoms with Gasteiger partial charge in [-0.2, -0.15) is 0 Å². The third-order valence-electron chi connectivity index (χ3n) is 1.40. The van der Waals surface area contributed by atoms with Crippen LogP contribution in [0.5, 0.6) is 0 Å². The first-order valence-corrected chi connectivity index (χ1v) is 3.73. The number of hydrogen-bond acceptors (Lipinski definition) is 2. The van der Waals surface area contributed by atoms with Crippen LogP contribution in [0.2, 0.25) is 0 Å². The largest absolute Gasteiger partial charge is 0.396 e. The predicted octanol–water partition coefficient (Wildman–Crippen LogP) is 0.780. The number of aliphatic hydroxyl groups excluding tert-OH is 1. The van der Waals surface area contributed by atoms with Crippen molar-refractivity contribution >= 4 is 0 Å². The maximum Gasteiger partial charge on any atom is 0.0434 e. The lowest BCUT2D eigenvalue weighted by Gasteiger charge is -2.08. The Labute approximate surface area is 62.9 Å². The van der Waals surface area contributed by atoms with Crippen molar-refractivity contribution in [2.75, 3.05) is 19.7 Å². The molecular formula is C8H17NO. The Morgan fingerprint density at radius 2 is 2.40 bits per heavy atom. The van der Waals surface area contributed by atoms with Crippen molar-refractivity contribution in [3.05, 3.63) is 12.7 Å². The van der Waals surface area contributed by atoms with Crippen molar-refractivity contribution < 1.29 is 5.11 Å². The van der Waals surface area contributed by atoms with Crippen molar-refractivity contribution in [2.45, 2.75) is 13.3 Å². The van der Waals surface area contributed by atoms with Crippen LogP contribution in [-0.2, 0) is 0 Å². The molecule has 0 bridgehead atoms. The minimum Gasteiger partial charge on any atom is -0.396 e. The first kappa shape index (κ1) is 9.66. The molecule has 0 radical (unpaired) electrons. The molecule has 0 saturated heterocycles. The van der Waals surface area contributed by atoms with Crippen LogP contribution < -0.4 is 5.32 Å². The SMILES string of the molecule is C=CCNCC(C)CCO. The van der Waals surface area contributed by atoms with Crippen molar-refractivity contribution in [3.63, 3.8) is 0 Å². The minimum atomic E-state index is 0.289. The topological polar surface area (TPSA) is 32.3 Å². The highest BCUT2D eigenvalue weighted by atomic mass is 16.3. The van der Waals surface area contributed by atoms with Crippen molar-refractivity contribution in [3.8, 4) is 0 Å². The van der Waals surface area contributed by atoms with E-state index in [1.54, 1.807) is 0 Å². The molecule has 0 heterocycles. The fourth-order valence-electron chi connectivity index (χ4n) is 0.754. The van der Waals surface area contributed by atoms with E-state index in [2.05, 4.69) is 18.8 Å². The van der Waals surface area contributed by atoms with Crippen LogP contribution in [-0.4, -0.2) is 24.8 Å². The maximum absolute atomic E-state index is 8.55. The molecule has 0 aliphatic carbocycles. The van der Waals surface area contributed by atoms with Gasteiger partial charge < -0.3 is 10.4 Å². The number of rotatable bonds is 6. The first-order chi connectivity index (χ1) is 4.81. The van der Waals surface area contributed by atoms with Gasteiger partial charge in [-0.25, -0.2) is 0 Å². The van der Waals surface area contributed by atoms with Gasteiger partial charge in [-0.05, 0) is 18.9 Å². The van der Waals surface area contributed by atoms with Crippen LogP contribution >= 0.6 is 0 Å². The highest BCUT2D eigenvalue weighted by Crippen LogP contribution is 1.96. The third-order valence-corrected chi connectivity index (χ3v) is 1.40. The molecule has 1 atom stereocenters. The molecule has 0 rings (SSSR count). The van der Waals surface area contributed by atoms with E-state index >= 15 is 0 Å².